The Morgan fingerprint density at radius 2 is 2.12 bits per heavy atom. The number of nitrogens with zero attached hydrogens (tertiary/aromatic N) is 2. The van der Waals surface area contributed by atoms with Crippen molar-refractivity contribution in [3.63, 3.8) is 0 Å². The van der Waals surface area contributed by atoms with Crippen LogP contribution >= 0.6 is 23.1 Å². The Morgan fingerprint density at radius 1 is 1.28 bits per heavy atom. The fraction of sp³-hybridized carbons (Fsp3) is 0.500. The quantitative estimate of drug-likeness (QED) is 0.753. The van der Waals surface area contributed by atoms with E-state index in [1.807, 2.05) is 6.92 Å². The maximum Gasteiger partial charge on any atom is 0.233 e. The number of thioether (sulfide) groups is 1. The normalized spacial score (nSPS) is 20.6. The minimum atomic E-state index is -0.184. The zero-order chi connectivity index (χ0) is 17.2. The molecule has 5 nitrogen and oxygen atoms in total. The molecule has 4 rings (SSSR count). The summed E-state index contributed by atoms with van der Waals surface area (Å²) < 4.78 is 0.842. The first-order valence-corrected chi connectivity index (χ1v) is 10.5. The van der Waals surface area contributed by atoms with Crippen molar-refractivity contribution >= 4 is 34.1 Å². The lowest BCUT2D eigenvalue weighted by Crippen LogP contribution is -2.35. The fourth-order valence-electron chi connectivity index (χ4n) is 3.12. The summed E-state index contributed by atoms with van der Waals surface area (Å²) in [7, 11) is 0. The number of fused-ring (bicyclic) bond motifs is 1. The van der Waals surface area contributed by atoms with Crippen molar-refractivity contribution in [3.8, 4) is 0 Å². The third-order valence-electron chi connectivity index (χ3n) is 4.64. The Kier molecular flexibility index (Phi) is 4.94. The Morgan fingerprint density at radius 3 is 2.96 bits per heavy atom. The molecule has 0 radical (unpaired) electrons. The number of hydrogen-bond acceptors (Lipinski definition) is 6. The molecule has 0 saturated heterocycles. The van der Waals surface area contributed by atoms with Gasteiger partial charge in [-0.25, -0.2) is 0 Å². The Balaban J connectivity index is 1.35. The number of benzene rings is 1. The minimum absolute atomic E-state index is 0.0682. The van der Waals surface area contributed by atoms with Crippen LogP contribution < -0.4 is 10.6 Å². The van der Waals surface area contributed by atoms with Gasteiger partial charge in [0.1, 0.15) is 0 Å². The van der Waals surface area contributed by atoms with Crippen LogP contribution in [-0.2, 0) is 11.2 Å². The van der Waals surface area contributed by atoms with Crippen LogP contribution in [0.3, 0.4) is 0 Å². The molecule has 0 spiro atoms. The lowest BCUT2D eigenvalue weighted by atomic mass is 9.88. The van der Waals surface area contributed by atoms with Crippen LogP contribution in [0.2, 0.25) is 0 Å². The van der Waals surface area contributed by atoms with E-state index in [2.05, 4.69) is 45.1 Å². The highest BCUT2D eigenvalue weighted by atomic mass is 32.2. The molecule has 1 amide bonds. The molecule has 2 aromatic rings. The molecule has 0 aliphatic heterocycles. The Hall–Kier alpha value is -1.60. The van der Waals surface area contributed by atoms with Crippen molar-refractivity contribution in [1.29, 1.82) is 0 Å². The molecule has 25 heavy (non-hydrogen) atoms. The highest BCUT2D eigenvalue weighted by molar-refractivity contribution is 8.02. The van der Waals surface area contributed by atoms with Gasteiger partial charge in [0.05, 0.1) is 11.3 Å². The summed E-state index contributed by atoms with van der Waals surface area (Å²) in [4.78, 5) is 12.6. The van der Waals surface area contributed by atoms with Gasteiger partial charge in [-0.15, -0.1) is 10.2 Å². The summed E-state index contributed by atoms with van der Waals surface area (Å²) in [6, 6.07) is 9.13. The predicted octanol–water partition coefficient (Wildman–Crippen LogP) is 3.79. The van der Waals surface area contributed by atoms with E-state index in [0.29, 0.717) is 6.04 Å². The summed E-state index contributed by atoms with van der Waals surface area (Å²) in [6.45, 7) is 1.93. The average molecular weight is 375 g/mol. The largest absolute Gasteiger partial charge is 0.357 e. The van der Waals surface area contributed by atoms with Crippen molar-refractivity contribution in [1.82, 2.24) is 15.5 Å². The highest BCUT2D eigenvalue weighted by Crippen LogP contribution is 2.33. The van der Waals surface area contributed by atoms with Crippen molar-refractivity contribution in [2.45, 2.75) is 60.7 Å². The Labute approximate surface area is 156 Å². The van der Waals surface area contributed by atoms with E-state index in [1.54, 1.807) is 0 Å². The lowest BCUT2D eigenvalue weighted by molar-refractivity contribution is -0.121. The van der Waals surface area contributed by atoms with Crippen LogP contribution in [0.25, 0.3) is 0 Å². The third-order valence-corrected chi connectivity index (χ3v) is 6.68. The van der Waals surface area contributed by atoms with Crippen LogP contribution in [0.15, 0.2) is 28.6 Å². The molecular weight excluding hydrogens is 352 g/mol. The molecule has 1 saturated carbocycles. The molecule has 1 fully saturated rings. The second-order valence-corrected chi connectivity index (χ2v) is 9.27. The van der Waals surface area contributed by atoms with Crippen molar-refractivity contribution in [2.24, 2.45) is 0 Å². The zero-order valence-corrected chi connectivity index (χ0v) is 15.8. The fourth-order valence-corrected chi connectivity index (χ4v) is 5.10. The first-order chi connectivity index (χ1) is 12.2. The van der Waals surface area contributed by atoms with E-state index in [4.69, 9.17) is 0 Å². The SMILES string of the molecule is C[C@@H](Sc1nnc(NC2CC2)s1)C(=O)N[C@@H]1CCCc2ccccc21. The van der Waals surface area contributed by atoms with Gasteiger partial charge in [-0.05, 0) is 50.2 Å². The van der Waals surface area contributed by atoms with Crippen LogP contribution in [0.1, 0.15) is 49.8 Å². The summed E-state index contributed by atoms with van der Waals surface area (Å²) >= 11 is 3.01. The maximum absolute atomic E-state index is 12.6. The number of nitrogens with one attached hydrogen (secondary N) is 2. The van der Waals surface area contributed by atoms with Crippen LogP contribution in [-0.4, -0.2) is 27.4 Å². The first-order valence-electron chi connectivity index (χ1n) is 8.84. The van der Waals surface area contributed by atoms with Crippen molar-refractivity contribution in [3.05, 3.63) is 35.4 Å². The van der Waals surface area contributed by atoms with E-state index in [1.165, 1.54) is 47.1 Å². The number of aromatic nitrogens is 2. The smallest absolute Gasteiger partial charge is 0.233 e. The second-order valence-electron chi connectivity index (χ2n) is 6.70. The molecule has 2 atom stereocenters. The van der Waals surface area contributed by atoms with Gasteiger partial charge in [0.2, 0.25) is 11.0 Å². The van der Waals surface area contributed by atoms with E-state index < -0.39 is 0 Å². The van der Waals surface area contributed by atoms with E-state index in [9.17, 15) is 4.79 Å². The monoisotopic (exact) mass is 374 g/mol. The Bertz CT molecular complexity index is 759. The molecule has 1 heterocycles. The summed E-state index contributed by atoms with van der Waals surface area (Å²) in [6.07, 6.45) is 5.66. The molecule has 1 aromatic carbocycles. The maximum atomic E-state index is 12.6. The molecule has 2 aliphatic rings. The van der Waals surface area contributed by atoms with Gasteiger partial charge in [-0.3, -0.25) is 4.79 Å². The number of anilines is 1. The molecule has 7 heteroatoms. The standard InChI is InChI=1S/C18H22N4OS2/c1-11(24-18-22-21-17(25-18)19-13-9-10-13)16(23)20-15-8-4-6-12-5-2-3-7-14(12)15/h2-3,5,7,11,13,15H,4,6,8-10H2,1H3,(H,19,21)(H,20,23)/t11-,15-/m1/s1. The number of carbonyl (C=O) groups excluding carboxylic acids is 1. The highest BCUT2D eigenvalue weighted by Gasteiger charge is 2.26. The average Bonchev–Trinajstić information content (AvgIpc) is 3.33. The number of amides is 1. The molecule has 2 aliphatic carbocycles. The molecule has 0 unspecified atom stereocenters. The van der Waals surface area contributed by atoms with Crippen molar-refractivity contribution < 1.29 is 4.79 Å². The molecule has 0 bridgehead atoms. The van der Waals surface area contributed by atoms with Crippen molar-refractivity contribution in [2.75, 3.05) is 5.32 Å². The number of rotatable bonds is 6. The van der Waals surface area contributed by atoms with Gasteiger partial charge in [0.15, 0.2) is 4.34 Å². The lowest BCUT2D eigenvalue weighted by Gasteiger charge is -2.27. The van der Waals surface area contributed by atoms with Gasteiger partial charge in [-0.2, -0.15) is 0 Å². The number of carbonyl (C=O) groups is 1. The molecular formula is C18H22N4OS2. The van der Waals surface area contributed by atoms with Gasteiger partial charge in [0.25, 0.3) is 0 Å². The van der Waals surface area contributed by atoms with E-state index in [-0.39, 0.29) is 17.2 Å². The van der Waals surface area contributed by atoms with Gasteiger partial charge in [-0.1, -0.05) is 47.4 Å². The van der Waals surface area contributed by atoms with Crippen LogP contribution in [0, 0.1) is 0 Å². The summed E-state index contributed by atoms with van der Waals surface area (Å²) in [5.74, 6) is 0.0682. The van der Waals surface area contributed by atoms with Gasteiger partial charge < -0.3 is 10.6 Å². The van der Waals surface area contributed by atoms with Gasteiger partial charge >= 0.3 is 0 Å². The van der Waals surface area contributed by atoms with E-state index in [0.717, 1.165) is 28.7 Å². The zero-order valence-electron chi connectivity index (χ0n) is 14.2. The van der Waals surface area contributed by atoms with Crippen LogP contribution in [0.4, 0.5) is 5.13 Å². The third kappa shape index (κ3) is 4.15. The predicted molar refractivity (Wildman–Crippen MR) is 102 cm³/mol. The number of hydrogen-bond donors (Lipinski definition) is 2. The summed E-state index contributed by atoms with van der Waals surface area (Å²) in [5.41, 5.74) is 2.63. The topological polar surface area (TPSA) is 66.9 Å². The van der Waals surface area contributed by atoms with Gasteiger partial charge in [0, 0.05) is 6.04 Å². The second kappa shape index (κ2) is 7.33. The van der Waals surface area contributed by atoms with Crippen LogP contribution in [0.5, 0.6) is 0 Å². The minimum Gasteiger partial charge on any atom is -0.357 e. The number of aryl methyl sites for hydroxylation is 1. The van der Waals surface area contributed by atoms with E-state index >= 15 is 0 Å². The first kappa shape index (κ1) is 16.8. The summed E-state index contributed by atoms with van der Waals surface area (Å²) in [5, 5.41) is 15.6. The molecule has 132 valence electrons. The molecule has 2 N–H and O–H groups in total. The molecule has 1 aromatic heterocycles.